The predicted octanol–water partition coefficient (Wildman–Crippen LogP) is 4.01. The van der Waals surface area contributed by atoms with E-state index in [-0.39, 0.29) is 0 Å². The molecule has 0 N–H and O–H groups in total. The molecule has 0 saturated heterocycles. The molecule has 0 aromatic rings. The zero-order valence-corrected chi connectivity index (χ0v) is 9.32. The Labute approximate surface area is 83.1 Å². The molecule has 1 rings (SSSR count). The van der Waals surface area contributed by atoms with E-state index in [2.05, 4.69) is 32.6 Å². The Morgan fingerprint density at radius 3 is 2.62 bits per heavy atom. The first kappa shape index (κ1) is 10.6. The number of hydrogen-bond acceptors (Lipinski definition) is 0. The summed E-state index contributed by atoms with van der Waals surface area (Å²) in [6.07, 6.45) is 7.52. The van der Waals surface area contributed by atoms with Crippen molar-refractivity contribution in [2.24, 2.45) is 11.3 Å². The summed E-state index contributed by atoms with van der Waals surface area (Å²) < 4.78 is 0. The number of rotatable bonds is 2. The first-order valence-electron chi connectivity index (χ1n) is 5.62. The maximum Gasteiger partial charge on any atom is 0.00938 e. The van der Waals surface area contributed by atoms with Gasteiger partial charge in [-0.25, -0.2) is 0 Å². The summed E-state index contributed by atoms with van der Waals surface area (Å²) in [5, 5.41) is 0. The molecule has 13 heavy (non-hydrogen) atoms. The lowest BCUT2D eigenvalue weighted by atomic mass is 9.71. The molecular formula is C13H22. The van der Waals surface area contributed by atoms with Gasteiger partial charge in [-0.15, -0.1) is 11.8 Å². The summed E-state index contributed by atoms with van der Waals surface area (Å²) in [5.74, 6) is 7.41. The highest BCUT2D eigenvalue weighted by Gasteiger charge is 2.27. The van der Waals surface area contributed by atoms with E-state index < -0.39 is 0 Å². The maximum absolute atomic E-state index is 3.26. The normalized spacial score (nSPS) is 26.8. The SMILES string of the molecule is CCCC1CCC#CCCC1(C)C. The van der Waals surface area contributed by atoms with Crippen LogP contribution in [0.2, 0.25) is 0 Å². The van der Waals surface area contributed by atoms with Gasteiger partial charge in [-0.1, -0.05) is 33.6 Å². The van der Waals surface area contributed by atoms with Gasteiger partial charge in [0.05, 0.1) is 0 Å². The minimum Gasteiger partial charge on any atom is -0.103 e. The molecule has 0 nitrogen and oxygen atoms in total. The van der Waals surface area contributed by atoms with Gasteiger partial charge in [0.2, 0.25) is 0 Å². The fourth-order valence-corrected chi connectivity index (χ4v) is 2.29. The van der Waals surface area contributed by atoms with E-state index in [0.717, 1.165) is 18.8 Å². The fraction of sp³-hybridized carbons (Fsp3) is 0.846. The second kappa shape index (κ2) is 4.70. The molecule has 0 saturated carbocycles. The van der Waals surface area contributed by atoms with E-state index >= 15 is 0 Å². The van der Waals surface area contributed by atoms with Crippen molar-refractivity contribution in [1.82, 2.24) is 0 Å². The quantitative estimate of drug-likeness (QED) is 0.560. The summed E-state index contributed by atoms with van der Waals surface area (Å²) >= 11 is 0. The molecule has 0 amide bonds. The Morgan fingerprint density at radius 1 is 1.23 bits per heavy atom. The van der Waals surface area contributed by atoms with Gasteiger partial charge in [0, 0.05) is 12.8 Å². The van der Waals surface area contributed by atoms with Crippen molar-refractivity contribution in [3.8, 4) is 11.8 Å². The van der Waals surface area contributed by atoms with Crippen molar-refractivity contribution < 1.29 is 0 Å². The van der Waals surface area contributed by atoms with Crippen LogP contribution in [0.4, 0.5) is 0 Å². The van der Waals surface area contributed by atoms with Crippen LogP contribution in [-0.4, -0.2) is 0 Å². The molecule has 0 bridgehead atoms. The fourth-order valence-electron chi connectivity index (χ4n) is 2.29. The van der Waals surface area contributed by atoms with E-state index in [4.69, 9.17) is 0 Å². The van der Waals surface area contributed by atoms with Gasteiger partial charge in [-0.05, 0) is 24.2 Å². The summed E-state index contributed by atoms with van der Waals surface area (Å²) in [6, 6.07) is 0. The Hall–Kier alpha value is -0.440. The van der Waals surface area contributed by atoms with Crippen molar-refractivity contribution in [3.05, 3.63) is 0 Å². The van der Waals surface area contributed by atoms with Crippen LogP contribution in [0.15, 0.2) is 0 Å². The first-order valence-corrected chi connectivity index (χ1v) is 5.62. The third-order valence-corrected chi connectivity index (χ3v) is 3.38. The molecule has 0 heterocycles. The van der Waals surface area contributed by atoms with Crippen LogP contribution in [0.5, 0.6) is 0 Å². The standard InChI is InChI=1S/C13H22/c1-4-9-12-10-7-5-6-8-11-13(12,2)3/h12H,4,7-11H2,1-3H3. The van der Waals surface area contributed by atoms with Crippen molar-refractivity contribution in [2.45, 2.75) is 59.3 Å². The second-order valence-electron chi connectivity index (χ2n) is 4.87. The number of hydrogen-bond donors (Lipinski definition) is 0. The van der Waals surface area contributed by atoms with Crippen LogP contribution in [0, 0.1) is 23.2 Å². The summed E-state index contributed by atoms with van der Waals surface area (Å²) in [6.45, 7) is 7.13. The Morgan fingerprint density at radius 2 is 1.92 bits per heavy atom. The van der Waals surface area contributed by atoms with E-state index in [9.17, 15) is 0 Å². The van der Waals surface area contributed by atoms with Gasteiger partial charge < -0.3 is 0 Å². The molecule has 0 aromatic carbocycles. The Kier molecular flexibility index (Phi) is 3.85. The summed E-state index contributed by atoms with van der Waals surface area (Å²) in [4.78, 5) is 0. The van der Waals surface area contributed by atoms with Crippen molar-refractivity contribution in [2.75, 3.05) is 0 Å². The predicted molar refractivity (Wildman–Crippen MR) is 58.4 cm³/mol. The lowest BCUT2D eigenvalue weighted by Crippen LogP contribution is -2.24. The minimum atomic E-state index is 0.519. The second-order valence-corrected chi connectivity index (χ2v) is 4.87. The largest absolute Gasteiger partial charge is 0.103 e. The molecule has 0 aliphatic heterocycles. The van der Waals surface area contributed by atoms with Gasteiger partial charge in [-0.2, -0.15) is 0 Å². The van der Waals surface area contributed by atoms with Crippen LogP contribution in [0.25, 0.3) is 0 Å². The molecule has 0 radical (unpaired) electrons. The molecule has 0 heteroatoms. The first-order chi connectivity index (χ1) is 6.17. The molecule has 0 fully saturated rings. The average molecular weight is 178 g/mol. The average Bonchev–Trinajstić information content (AvgIpc) is 2.06. The summed E-state index contributed by atoms with van der Waals surface area (Å²) in [5.41, 5.74) is 0.519. The Balaban J connectivity index is 2.62. The topological polar surface area (TPSA) is 0 Å². The van der Waals surface area contributed by atoms with Crippen LogP contribution in [0.3, 0.4) is 0 Å². The lowest BCUT2D eigenvalue weighted by Gasteiger charge is -2.34. The zero-order valence-electron chi connectivity index (χ0n) is 9.32. The van der Waals surface area contributed by atoms with Gasteiger partial charge >= 0.3 is 0 Å². The van der Waals surface area contributed by atoms with Crippen molar-refractivity contribution in [1.29, 1.82) is 0 Å². The van der Waals surface area contributed by atoms with Gasteiger partial charge in [0.15, 0.2) is 0 Å². The van der Waals surface area contributed by atoms with Crippen molar-refractivity contribution >= 4 is 0 Å². The van der Waals surface area contributed by atoms with Gasteiger partial charge in [-0.3, -0.25) is 0 Å². The highest BCUT2D eigenvalue weighted by atomic mass is 14.3. The zero-order chi connectivity index (χ0) is 9.73. The monoisotopic (exact) mass is 178 g/mol. The molecule has 0 spiro atoms. The minimum absolute atomic E-state index is 0.519. The highest BCUT2D eigenvalue weighted by molar-refractivity contribution is 5.02. The third kappa shape index (κ3) is 3.07. The molecule has 1 atom stereocenters. The Bertz CT molecular complexity index is 202. The summed E-state index contributed by atoms with van der Waals surface area (Å²) in [7, 11) is 0. The molecule has 1 aliphatic rings. The molecule has 74 valence electrons. The van der Waals surface area contributed by atoms with Crippen LogP contribution >= 0.6 is 0 Å². The van der Waals surface area contributed by atoms with E-state index in [1.807, 2.05) is 0 Å². The van der Waals surface area contributed by atoms with Gasteiger partial charge in [0.1, 0.15) is 0 Å². The van der Waals surface area contributed by atoms with E-state index in [1.165, 1.54) is 25.7 Å². The third-order valence-electron chi connectivity index (χ3n) is 3.38. The smallest absolute Gasteiger partial charge is 0.00938 e. The van der Waals surface area contributed by atoms with E-state index in [1.54, 1.807) is 0 Å². The van der Waals surface area contributed by atoms with Crippen molar-refractivity contribution in [3.63, 3.8) is 0 Å². The molecule has 1 unspecified atom stereocenters. The molecule has 1 aliphatic carbocycles. The maximum atomic E-state index is 3.26. The highest BCUT2D eigenvalue weighted by Crippen LogP contribution is 2.38. The van der Waals surface area contributed by atoms with Crippen LogP contribution in [0.1, 0.15) is 59.3 Å². The van der Waals surface area contributed by atoms with E-state index in [0.29, 0.717) is 5.41 Å². The molecular weight excluding hydrogens is 156 g/mol. The van der Waals surface area contributed by atoms with Gasteiger partial charge in [0.25, 0.3) is 0 Å². The van der Waals surface area contributed by atoms with Crippen LogP contribution < -0.4 is 0 Å². The van der Waals surface area contributed by atoms with Crippen LogP contribution in [-0.2, 0) is 0 Å². The molecule has 0 aromatic heterocycles. The lowest BCUT2D eigenvalue weighted by molar-refractivity contribution is 0.172.